The summed E-state index contributed by atoms with van der Waals surface area (Å²) in [5.74, 6) is -1.11. The Balaban J connectivity index is 1.84. The first-order valence-corrected chi connectivity index (χ1v) is 8.98. The highest BCUT2D eigenvalue weighted by atomic mass is 19.1. The van der Waals surface area contributed by atoms with Gasteiger partial charge in [0.2, 0.25) is 5.76 Å². The van der Waals surface area contributed by atoms with Crippen molar-refractivity contribution in [1.29, 1.82) is 0 Å². The van der Waals surface area contributed by atoms with Gasteiger partial charge in [0.15, 0.2) is 5.43 Å². The fourth-order valence-corrected chi connectivity index (χ4v) is 3.81. The van der Waals surface area contributed by atoms with Crippen molar-refractivity contribution < 1.29 is 18.7 Å². The van der Waals surface area contributed by atoms with Crippen LogP contribution < -0.4 is 10.3 Å². The van der Waals surface area contributed by atoms with Crippen LogP contribution in [-0.4, -0.2) is 11.0 Å². The minimum absolute atomic E-state index is 0.00707. The second-order valence-electron chi connectivity index (χ2n) is 6.82. The number of fused-ring (bicyclic) bond motifs is 2. The summed E-state index contributed by atoms with van der Waals surface area (Å²) in [6.45, 7) is 0. The molecule has 1 aromatic heterocycles. The zero-order chi connectivity index (χ0) is 20.1. The van der Waals surface area contributed by atoms with Crippen molar-refractivity contribution in [3.8, 4) is 5.75 Å². The summed E-state index contributed by atoms with van der Waals surface area (Å²) in [5.41, 5.74) is 0.924. The minimum atomic E-state index is -0.809. The minimum Gasteiger partial charge on any atom is -0.508 e. The lowest BCUT2D eigenvalue weighted by atomic mass is 9.98. The zero-order valence-corrected chi connectivity index (χ0v) is 15.0. The van der Waals surface area contributed by atoms with Crippen molar-refractivity contribution in [3.63, 3.8) is 0 Å². The van der Waals surface area contributed by atoms with Crippen molar-refractivity contribution in [2.45, 2.75) is 6.04 Å². The molecular formula is C23H14FNO4. The third-order valence-electron chi connectivity index (χ3n) is 5.05. The Hall–Kier alpha value is -3.93. The van der Waals surface area contributed by atoms with Crippen molar-refractivity contribution in [1.82, 2.24) is 0 Å². The first-order chi connectivity index (χ1) is 14.0. The molecule has 5 rings (SSSR count). The van der Waals surface area contributed by atoms with Crippen LogP contribution in [-0.2, 0) is 0 Å². The summed E-state index contributed by atoms with van der Waals surface area (Å²) in [7, 11) is 0. The molecule has 0 aliphatic carbocycles. The average molecular weight is 387 g/mol. The highest BCUT2D eigenvalue weighted by Gasteiger charge is 2.43. The average Bonchev–Trinajstić information content (AvgIpc) is 3.02. The number of aromatic hydroxyl groups is 1. The van der Waals surface area contributed by atoms with Gasteiger partial charge in [0.05, 0.1) is 17.0 Å². The predicted octanol–water partition coefficient (Wildman–Crippen LogP) is 4.39. The van der Waals surface area contributed by atoms with Crippen LogP contribution in [0.3, 0.4) is 0 Å². The number of para-hydroxylation sites is 1. The van der Waals surface area contributed by atoms with Gasteiger partial charge in [0.25, 0.3) is 5.91 Å². The van der Waals surface area contributed by atoms with E-state index in [2.05, 4.69) is 0 Å². The van der Waals surface area contributed by atoms with E-state index in [1.54, 1.807) is 36.4 Å². The van der Waals surface area contributed by atoms with E-state index in [1.165, 1.54) is 29.2 Å². The van der Waals surface area contributed by atoms with Crippen molar-refractivity contribution in [2.24, 2.45) is 0 Å². The molecule has 0 saturated heterocycles. The molecule has 5 nitrogen and oxygen atoms in total. The molecule has 0 bridgehead atoms. The van der Waals surface area contributed by atoms with E-state index in [0.29, 0.717) is 11.3 Å². The van der Waals surface area contributed by atoms with E-state index in [0.717, 1.165) is 6.07 Å². The van der Waals surface area contributed by atoms with Gasteiger partial charge >= 0.3 is 0 Å². The van der Waals surface area contributed by atoms with Crippen LogP contribution in [0.4, 0.5) is 10.1 Å². The molecule has 0 fully saturated rings. The number of amides is 1. The SMILES string of the molecule is O=C1c2oc3ccc(F)cc3c(=O)c2C(c2cccc(O)c2)N1c1ccccc1. The maximum absolute atomic E-state index is 13.8. The van der Waals surface area contributed by atoms with E-state index < -0.39 is 23.2 Å². The van der Waals surface area contributed by atoms with Gasteiger partial charge in [0.1, 0.15) is 17.1 Å². The Morgan fingerprint density at radius 1 is 0.931 bits per heavy atom. The summed E-state index contributed by atoms with van der Waals surface area (Å²) in [6.07, 6.45) is 0. The van der Waals surface area contributed by atoms with Crippen LogP contribution in [0.5, 0.6) is 5.75 Å². The molecular weight excluding hydrogens is 373 g/mol. The monoisotopic (exact) mass is 387 g/mol. The van der Waals surface area contributed by atoms with Crippen LogP contribution >= 0.6 is 0 Å². The van der Waals surface area contributed by atoms with E-state index in [9.17, 15) is 19.1 Å². The number of hydrogen-bond donors (Lipinski definition) is 1. The molecule has 0 radical (unpaired) electrons. The number of anilines is 1. The number of halogens is 1. The van der Waals surface area contributed by atoms with E-state index in [-0.39, 0.29) is 28.0 Å². The topological polar surface area (TPSA) is 70.8 Å². The lowest BCUT2D eigenvalue weighted by Gasteiger charge is -2.25. The van der Waals surface area contributed by atoms with Gasteiger partial charge in [-0.25, -0.2) is 4.39 Å². The summed E-state index contributed by atoms with van der Waals surface area (Å²) in [6, 6.07) is 18.1. The van der Waals surface area contributed by atoms with E-state index in [1.807, 2.05) is 6.07 Å². The zero-order valence-electron chi connectivity index (χ0n) is 15.0. The number of carbonyl (C=O) groups excluding carboxylic acids is 1. The number of rotatable bonds is 2. The standard InChI is InChI=1S/C23H14FNO4/c24-14-9-10-18-17(12-14)21(27)19-20(13-5-4-8-16(26)11-13)25(23(28)22(19)29-18)15-6-2-1-3-7-15/h1-12,20,26H. The molecule has 1 unspecified atom stereocenters. The van der Waals surface area contributed by atoms with Crippen molar-refractivity contribution in [2.75, 3.05) is 4.90 Å². The van der Waals surface area contributed by atoms with Gasteiger partial charge in [0, 0.05) is 5.69 Å². The van der Waals surface area contributed by atoms with Gasteiger partial charge in [-0.05, 0) is 48.0 Å². The third kappa shape index (κ3) is 2.61. The fourth-order valence-electron chi connectivity index (χ4n) is 3.81. The van der Waals surface area contributed by atoms with Crippen LogP contribution in [0, 0.1) is 5.82 Å². The molecule has 0 spiro atoms. The number of nitrogens with zero attached hydrogens (tertiary/aromatic N) is 1. The Kier molecular flexibility index (Phi) is 3.74. The Morgan fingerprint density at radius 3 is 2.48 bits per heavy atom. The maximum atomic E-state index is 13.8. The fraction of sp³-hybridized carbons (Fsp3) is 0.0435. The van der Waals surface area contributed by atoms with Gasteiger partial charge in [-0.2, -0.15) is 0 Å². The number of phenols is 1. The predicted molar refractivity (Wildman–Crippen MR) is 106 cm³/mol. The highest BCUT2D eigenvalue weighted by Crippen LogP contribution is 2.41. The second-order valence-corrected chi connectivity index (χ2v) is 6.82. The van der Waals surface area contributed by atoms with Gasteiger partial charge in [-0.15, -0.1) is 0 Å². The van der Waals surface area contributed by atoms with Crippen LogP contribution in [0.2, 0.25) is 0 Å². The quantitative estimate of drug-likeness (QED) is 0.554. The summed E-state index contributed by atoms with van der Waals surface area (Å²) < 4.78 is 19.5. The molecule has 1 aliphatic heterocycles. The second kappa shape index (κ2) is 6.31. The Bertz CT molecular complexity index is 1330. The molecule has 0 saturated carbocycles. The molecule has 142 valence electrons. The lowest BCUT2D eigenvalue weighted by Crippen LogP contribution is -2.29. The molecule has 29 heavy (non-hydrogen) atoms. The van der Waals surface area contributed by atoms with Gasteiger partial charge in [-0.3, -0.25) is 14.5 Å². The number of benzene rings is 3. The van der Waals surface area contributed by atoms with Crippen LogP contribution in [0.1, 0.15) is 27.7 Å². The third-order valence-corrected chi connectivity index (χ3v) is 5.05. The molecule has 1 atom stereocenters. The first-order valence-electron chi connectivity index (χ1n) is 8.98. The molecule has 1 aliphatic rings. The normalized spacial score (nSPS) is 15.7. The van der Waals surface area contributed by atoms with Gasteiger partial charge < -0.3 is 9.52 Å². The number of carbonyl (C=O) groups is 1. The highest BCUT2D eigenvalue weighted by molar-refractivity contribution is 6.10. The first kappa shape index (κ1) is 17.2. The smallest absolute Gasteiger partial charge is 0.295 e. The Labute approximate surface area is 164 Å². The van der Waals surface area contributed by atoms with E-state index >= 15 is 0 Å². The summed E-state index contributed by atoms with van der Waals surface area (Å²) in [4.78, 5) is 28.0. The summed E-state index contributed by atoms with van der Waals surface area (Å²) in [5, 5.41) is 10.0. The largest absolute Gasteiger partial charge is 0.508 e. The molecule has 4 aromatic rings. The number of phenolic OH excluding ortho intramolecular Hbond substituents is 1. The van der Waals surface area contributed by atoms with Crippen LogP contribution in [0.25, 0.3) is 11.0 Å². The molecule has 3 aromatic carbocycles. The van der Waals surface area contributed by atoms with Crippen LogP contribution in [0.15, 0.2) is 82.0 Å². The molecule has 1 N–H and O–H groups in total. The van der Waals surface area contributed by atoms with Gasteiger partial charge in [-0.1, -0.05) is 30.3 Å². The molecule has 6 heteroatoms. The number of hydrogen-bond acceptors (Lipinski definition) is 4. The van der Waals surface area contributed by atoms with E-state index in [4.69, 9.17) is 4.42 Å². The Morgan fingerprint density at radius 2 is 1.72 bits per heavy atom. The molecule has 2 heterocycles. The van der Waals surface area contributed by atoms with Crippen molar-refractivity contribution >= 4 is 22.6 Å². The molecule has 1 amide bonds. The van der Waals surface area contributed by atoms with Crippen molar-refractivity contribution in [3.05, 3.63) is 106 Å². The maximum Gasteiger partial charge on any atom is 0.295 e. The summed E-state index contributed by atoms with van der Waals surface area (Å²) >= 11 is 0. The lowest BCUT2D eigenvalue weighted by molar-refractivity contribution is 0.0971.